The predicted molar refractivity (Wildman–Crippen MR) is 141 cm³/mol. The van der Waals surface area contributed by atoms with Crippen molar-refractivity contribution in [2.75, 3.05) is 0 Å². The maximum absolute atomic E-state index is 13.9. The van der Waals surface area contributed by atoms with E-state index in [9.17, 15) is 4.79 Å². The molecule has 9 heteroatoms. The largest absolute Gasteiger partial charge is 0.268 e. The summed E-state index contributed by atoms with van der Waals surface area (Å²) in [4.78, 5) is 16.1. The van der Waals surface area contributed by atoms with Gasteiger partial charge < -0.3 is 0 Å². The van der Waals surface area contributed by atoms with Gasteiger partial charge in [-0.25, -0.2) is 8.97 Å². The summed E-state index contributed by atoms with van der Waals surface area (Å²) in [5.41, 5.74) is 3.01. The summed E-state index contributed by atoms with van der Waals surface area (Å²) in [5.74, 6) is 1.81. The highest BCUT2D eigenvalue weighted by Crippen LogP contribution is 2.38. The summed E-state index contributed by atoms with van der Waals surface area (Å²) < 4.78 is 3.75. The van der Waals surface area contributed by atoms with Crippen molar-refractivity contribution >= 4 is 62.3 Å². The third-order valence-electron chi connectivity index (χ3n) is 6.30. The minimum atomic E-state index is -0.0193. The molecule has 0 spiro atoms. The monoisotopic (exact) mass is 526 g/mol. The van der Waals surface area contributed by atoms with Gasteiger partial charge in [-0.05, 0) is 60.6 Å². The first-order chi connectivity index (χ1) is 16.5. The molecule has 0 radical (unpaired) electrons. The quantitative estimate of drug-likeness (QED) is 0.241. The van der Waals surface area contributed by atoms with Crippen LogP contribution in [-0.2, 0) is 18.6 Å². The van der Waals surface area contributed by atoms with E-state index >= 15 is 0 Å². The van der Waals surface area contributed by atoms with Crippen LogP contribution in [0.5, 0.6) is 0 Å². The Morgan fingerprint density at radius 1 is 1.12 bits per heavy atom. The second-order valence-corrected chi connectivity index (χ2v) is 11.5. The minimum Gasteiger partial charge on any atom is -0.268 e. The van der Waals surface area contributed by atoms with Crippen LogP contribution in [0.1, 0.15) is 29.3 Å². The molecule has 0 saturated carbocycles. The summed E-state index contributed by atoms with van der Waals surface area (Å²) >= 11 is 15.6. The number of thiophene rings is 1. The van der Waals surface area contributed by atoms with Crippen molar-refractivity contribution in [1.29, 1.82) is 0 Å². The molecule has 0 amide bonds. The smallest absolute Gasteiger partial charge is 0.268 e. The molecule has 0 unspecified atom stereocenters. The number of fused-ring (bicyclic) bond motifs is 5. The molecular formula is C25H20Cl2N4OS2. The van der Waals surface area contributed by atoms with Crippen LogP contribution in [0, 0.1) is 5.92 Å². The van der Waals surface area contributed by atoms with Gasteiger partial charge in [0, 0.05) is 10.6 Å². The average Bonchev–Trinajstić information content (AvgIpc) is 3.42. The fourth-order valence-corrected chi connectivity index (χ4v) is 7.34. The zero-order chi connectivity index (χ0) is 23.4. The molecule has 6 rings (SSSR count). The Labute approximate surface area is 214 Å². The molecular weight excluding hydrogens is 507 g/mol. The zero-order valence-corrected chi connectivity index (χ0v) is 21.4. The highest BCUT2D eigenvalue weighted by molar-refractivity contribution is 7.98. The first-order valence-electron chi connectivity index (χ1n) is 11.1. The molecule has 5 aromatic rings. The number of aryl methyl sites for hydroxylation is 1. The van der Waals surface area contributed by atoms with E-state index in [1.165, 1.54) is 10.4 Å². The maximum atomic E-state index is 13.9. The van der Waals surface area contributed by atoms with Crippen molar-refractivity contribution in [3.05, 3.63) is 84.9 Å². The summed E-state index contributed by atoms with van der Waals surface area (Å²) in [7, 11) is 0. The SMILES string of the molecule is C[C@@H]1CCc2c(sc3c2c(=O)n(-c2ccccc2)c2nnc(SCc4ccc(Cl)c(Cl)c4)n32)C1. The lowest BCUT2D eigenvalue weighted by molar-refractivity contribution is 0.509. The second-order valence-electron chi connectivity index (χ2n) is 8.66. The van der Waals surface area contributed by atoms with E-state index in [1.54, 1.807) is 27.7 Å². The van der Waals surface area contributed by atoms with Gasteiger partial charge in [-0.3, -0.25) is 4.79 Å². The number of rotatable bonds is 4. The number of aromatic nitrogens is 4. The molecule has 0 N–H and O–H groups in total. The Kier molecular flexibility index (Phi) is 5.68. The molecule has 2 aromatic carbocycles. The number of thioether (sulfide) groups is 1. The van der Waals surface area contributed by atoms with E-state index < -0.39 is 0 Å². The average molecular weight is 528 g/mol. The number of nitrogens with zero attached hydrogens (tertiary/aromatic N) is 4. The number of para-hydroxylation sites is 1. The van der Waals surface area contributed by atoms with Crippen LogP contribution in [0.4, 0.5) is 0 Å². The highest BCUT2D eigenvalue weighted by Gasteiger charge is 2.27. The normalized spacial score (nSPS) is 15.8. The first-order valence-corrected chi connectivity index (χ1v) is 13.6. The number of hydrogen-bond acceptors (Lipinski definition) is 5. The van der Waals surface area contributed by atoms with E-state index in [0.717, 1.165) is 45.9 Å². The van der Waals surface area contributed by atoms with Gasteiger partial charge in [0.15, 0.2) is 5.16 Å². The molecule has 172 valence electrons. The fourth-order valence-electron chi connectivity index (χ4n) is 4.58. The fraction of sp³-hybridized carbons (Fsp3) is 0.240. The Morgan fingerprint density at radius 3 is 2.74 bits per heavy atom. The molecule has 34 heavy (non-hydrogen) atoms. The van der Waals surface area contributed by atoms with Crippen molar-refractivity contribution in [2.45, 2.75) is 37.1 Å². The van der Waals surface area contributed by atoms with Crippen LogP contribution < -0.4 is 5.56 Å². The molecule has 1 aliphatic rings. The zero-order valence-electron chi connectivity index (χ0n) is 18.3. The Bertz CT molecular complexity index is 1610. The first kappa shape index (κ1) is 22.2. The van der Waals surface area contributed by atoms with Gasteiger partial charge in [0.25, 0.3) is 5.56 Å². The van der Waals surface area contributed by atoms with Gasteiger partial charge in [0.1, 0.15) is 4.83 Å². The van der Waals surface area contributed by atoms with E-state index in [1.807, 2.05) is 48.5 Å². The van der Waals surface area contributed by atoms with Crippen molar-refractivity contribution in [1.82, 2.24) is 19.2 Å². The molecule has 0 aliphatic heterocycles. The van der Waals surface area contributed by atoms with E-state index in [4.69, 9.17) is 23.2 Å². The van der Waals surface area contributed by atoms with Gasteiger partial charge in [-0.2, -0.15) is 0 Å². The third kappa shape index (κ3) is 3.66. The van der Waals surface area contributed by atoms with E-state index in [2.05, 4.69) is 21.5 Å². The van der Waals surface area contributed by atoms with Crippen molar-refractivity contribution in [2.24, 2.45) is 5.92 Å². The molecule has 0 bridgehead atoms. The summed E-state index contributed by atoms with van der Waals surface area (Å²) in [5, 5.41) is 11.6. The lowest BCUT2D eigenvalue weighted by Crippen LogP contribution is -2.22. The van der Waals surface area contributed by atoms with Gasteiger partial charge in [0.05, 0.1) is 21.1 Å². The Hall–Kier alpha value is -2.32. The van der Waals surface area contributed by atoms with E-state index in [0.29, 0.717) is 27.5 Å². The van der Waals surface area contributed by atoms with Crippen molar-refractivity contribution in [3.63, 3.8) is 0 Å². The van der Waals surface area contributed by atoms with Crippen LogP contribution in [-0.4, -0.2) is 19.2 Å². The van der Waals surface area contributed by atoms with Crippen molar-refractivity contribution in [3.8, 4) is 5.69 Å². The van der Waals surface area contributed by atoms with Gasteiger partial charge in [0.2, 0.25) is 5.78 Å². The summed E-state index contributed by atoms with van der Waals surface area (Å²) in [6.45, 7) is 2.28. The standard InChI is InChI=1S/C25H20Cl2N4OS2/c1-14-7-9-17-20(11-14)34-23-21(17)22(32)30(16-5-3-2-4-6-16)24-28-29-25(31(23)24)33-13-15-8-10-18(26)19(27)12-15/h2-6,8,10,12,14H,7,9,11,13H2,1H3/t14-/m1/s1. The van der Waals surface area contributed by atoms with Crippen LogP contribution in [0.25, 0.3) is 21.7 Å². The molecule has 3 heterocycles. The van der Waals surface area contributed by atoms with Crippen molar-refractivity contribution < 1.29 is 0 Å². The van der Waals surface area contributed by atoms with Gasteiger partial charge in [-0.1, -0.05) is 66.2 Å². The number of benzene rings is 2. The van der Waals surface area contributed by atoms with Gasteiger partial charge >= 0.3 is 0 Å². The number of hydrogen-bond donors (Lipinski definition) is 0. The van der Waals surface area contributed by atoms with Crippen LogP contribution in [0.2, 0.25) is 10.0 Å². The molecule has 5 nitrogen and oxygen atoms in total. The predicted octanol–water partition coefficient (Wildman–Crippen LogP) is 6.82. The highest BCUT2D eigenvalue weighted by atomic mass is 35.5. The van der Waals surface area contributed by atoms with Gasteiger partial charge in [-0.15, -0.1) is 21.5 Å². The Balaban J connectivity index is 1.57. The number of halogens is 2. The topological polar surface area (TPSA) is 52.2 Å². The third-order valence-corrected chi connectivity index (χ3v) is 9.27. The molecule has 1 aliphatic carbocycles. The second kappa shape index (κ2) is 8.72. The van der Waals surface area contributed by atoms with Crippen LogP contribution >= 0.6 is 46.3 Å². The summed E-state index contributed by atoms with van der Waals surface area (Å²) in [6, 6.07) is 15.3. The maximum Gasteiger partial charge on any atom is 0.268 e. The molecule has 3 aromatic heterocycles. The molecule has 0 saturated heterocycles. The Morgan fingerprint density at radius 2 is 1.94 bits per heavy atom. The molecule has 1 atom stereocenters. The van der Waals surface area contributed by atoms with Crippen LogP contribution in [0.15, 0.2) is 58.5 Å². The lowest BCUT2D eigenvalue weighted by atomic mass is 9.89. The molecule has 0 fully saturated rings. The van der Waals surface area contributed by atoms with Crippen LogP contribution in [0.3, 0.4) is 0 Å². The van der Waals surface area contributed by atoms with E-state index in [-0.39, 0.29) is 5.56 Å². The lowest BCUT2D eigenvalue weighted by Gasteiger charge is -2.17. The summed E-state index contributed by atoms with van der Waals surface area (Å²) in [6.07, 6.45) is 3.04. The minimum absolute atomic E-state index is 0.0193.